The standard InChI is InChI=1S/C16H21FN4/c17-15-10-14(6-7-16(15)21-12-18-11-20-21)19-9-8-13-4-2-1-3-5-13/h6-7,10-13,19H,1-5,8-9H2. The van der Waals surface area contributed by atoms with Gasteiger partial charge < -0.3 is 5.32 Å². The molecule has 2 aromatic rings. The van der Waals surface area contributed by atoms with Gasteiger partial charge in [-0.05, 0) is 30.5 Å². The molecule has 0 amide bonds. The fourth-order valence-corrected chi connectivity index (χ4v) is 3.03. The van der Waals surface area contributed by atoms with Gasteiger partial charge in [-0.15, -0.1) is 0 Å². The van der Waals surface area contributed by atoms with Crippen LogP contribution in [0.2, 0.25) is 0 Å². The summed E-state index contributed by atoms with van der Waals surface area (Å²) in [5.74, 6) is 0.550. The summed E-state index contributed by atoms with van der Waals surface area (Å²) in [5.41, 5.74) is 1.25. The molecular weight excluding hydrogens is 267 g/mol. The Balaban J connectivity index is 1.55. The summed E-state index contributed by atoms with van der Waals surface area (Å²) >= 11 is 0. The third-order valence-corrected chi connectivity index (χ3v) is 4.22. The van der Waals surface area contributed by atoms with Gasteiger partial charge >= 0.3 is 0 Å². The molecule has 0 radical (unpaired) electrons. The van der Waals surface area contributed by atoms with Crippen LogP contribution < -0.4 is 5.32 Å². The van der Waals surface area contributed by atoms with E-state index in [1.807, 2.05) is 6.07 Å². The highest BCUT2D eigenvalue weighted by Gasteiger charge is 2.13. The maximum absolute atomic E-state index is 14.1. The summed E-state index contributed by atoms with van der Waals surface area (Å²) in [7, 11) is 0. The van der Waals surface area contributed by atoms with Crippen LogP contribution in [0, 0.1) is 11.7 Å². The van der Waals surface area contributed by atoms with Crippen molar-refractivity contribution in [1.29, 1.82) is 0 Å². The van der Waals surface area contributed by atoms with E-state index in [2.05, 4.69) is 15.4 Å². The zero-order chi connectivity index (χ0) is 14.5. The predicted molar refractivity (Wildman–Crippen MR) is 81.0 cm³/mol. The molecule has 112 valence electrons. The minimum absolute atomic E-state index is 0.289. The number of nitrogens with one attached hydrogen (secondary N) is 1. The van der Waals surface area contributed by atoms with Crippen LogP contribution in [0.25, 0.3) is 5.69 Å². The van der Waals surface area contributed by atoms with Crippen molar-refractivity contribution in [3.8, 4) is 5.69 Å². The minimum atomic E-state index is -0.289. The Hall–Kier alpha value is -1.91. The molecule has 1 heterocycles. The van der Waals surface area contributed by atoms with Gasteiger partial charge in [0.25, 0.3) is 0 Å². The van der Waals surface area contributed by atoms with Crippen molar-refractivity contribution in [2.24, 2.45) is 5.92 Å². The summed E-state index contributed by atoms with van der Waals surface area (Å²) < 4.78 is 15.5. The highest BCUT2D eigenvalue weighted by molar-refractivity contribution is 5.49. The monoisotopic (exact) mass is 288 g/mol. The van der Waals surface area contributed by atoms with Crippen LogP contribution in [0.15, 0.2) is 30.9 Å². The summed E-state index contributed by atoms with van der Waals surface area (Å²) in [5, 5.41) is 7.27. The van der Waals surface area contributed by atoms with Crippen LogP contribution in [0.3, 0.4) is 0 Å². The van der Waals surface area contributed by atoms with Crippen molar-refractivity contribution in [1.82, 2.24) is 14.8 Å². The van der Waals surface area contributed by atoms with E-state index in [1.54, 1.807) is 6.07 Å². The van der Waals surface area contributed by atoms with Crippen molar-refractivity contribution < 1.29 is 4.39 Å². The Kier molecular flexibility index (Phi) is 4.48. The number of benzene rings is 1. The number of rotatable bonds is 5. The van der Waals surface area contributed by atoms with Crippen LogP contribution in [0.4, 0.5) is 10.1 Å². The number of anilines is 1. The Morgan fingerprint density at radius 3 is 2.81 bits per heavy atom. The Morgan fingerprint density at radius 1 is 1.24 bits per heavy atom. The SMILES string of the molecule is Fc1cc(NCCC2CCCCC2)ccc1-n1cncn1. The summed E-state index contributed by atoms with van der Waals surface area (Å²) in [6.45, 7) is 0.910. The number of hydrogen-bond donors (Lipinski definition) is 1. The first-order valence-electron chi connectivity index (χ1n) is 7.71. The number of halogens is 1. The van der Waals surface area contributed by atoms with Gasteiger partial charge in [0, 0.05) is 12.2 Å². The average molecular weight is 288 g/mol. The maximum Gasteiger partial charge on any atom is 0.150 e. The molecule has 1 aromatic heterocycles. The van der Waals surface area contributed by atoms with Crippen molar-refractivity contribution >= 4 is 5.69 Å². The Labute approximate surface area is 124 Å². The molecule has 0 bridgehead atoms. The number of nitrogens with zero attached hydrogens (tertiary/aromatic N) is 3. The highest BCUT2D eigenvalue weighted by Crippen LogP contribution is 2.26. The zero-order valence-corrected chi connectivity index (χ0v) is 12.1. The fourth-order valence-electron chi connectivity index (χ4n) is 3.03. The van der Waals surface area contributed by atoms with Gasteiger partial charge in [-0.3, -0.25) is 0 Å². The van der Waals surface area contributed by atoms with E-state index < -0.39 is 0 Å². The predicted octanol–water partition coefficient (Wildman–Crippen LogP) is 3.79. The normalized spacial score (nSPS) is 16.0. The lowest BCUT2D eigenvalue weighted by atomic mass is 9.87. The zero-order valence-electron chi connectivity index (χ0n) is 12.1. The van der Waals surface area contributed by atoms with E-state index in [1.165, 1.54) is 61.9 Å². The van der Waals surface area contributed by atoms with E-state index in [0.717, 1.165) is 18.2 Å². The van der Waals surface area contributed by atoms with Gasteiger partial charge in [-0.25, -0.2) is 14.1 Å². The van der Waals surface area contributed by atoms with E-state index >= 15 is 0 Å². The van der Waals surface area contributed by atoms with Gasteiger partial charge in [0.1, 0.15) is 18.3 Å². The largest absolute Gasteiger partial charge is 0.385 e. The van der Waals surface area contributed by atoms with E-state index in [4.69, 9.17) is 0 Å². The molecule has 0 saturated heterocycles. The first kappa shape index (κ1) is 14.0. The van der Waals surface area contributed by atoms with E-state index in [9.17, 15) is 4.39 Å². The average Bonchev–Trinajstić information content (AvgIpc) is 3.02. The van der Waals surface area contributed by atoms with Crippen molar-refractivity contribution in [3.05, 3.63) is 36.7 Å². The molecule has 0 aliphatic heterocycles. The minimum Gasteiger partial charge on any atom is -0.385 e. The Bertz CT molecular complexity index is 562. The molecule has 1 aliphatic rings. The summed E-state index contributed by atoms with van der Waals surface area (Å²) in [6.07, 6.45) is 10.9. The molecule has 1 aromatic carbocycles. The molecule has 1 N–H and O–H groups in total. The molecule has 0 unspecified atom stereocenters. The molecule has 21 heavy (non-hydrogen) atoms. The lowest BCUT2D eigenvalue weighted by molar-refractivity contribution is 0.345. The van der Waals surface area contributed by atoms with Gasteiger partial charge in [0.15, 0.2) is 5.82 Å². The second-order valence-electron chi connectivity index (χ2n) is 5.73. The van der Waals surface area contributed by atoms with Crippen LogP contribution in [-0.2, 0) is 0 Å². The fraction of sp³-hybridized carbons (Fsp3) is 0.500. The molecule has 1 fully saturated rings. The first-order chi connectivity index (χ1) is 10.3. The highest BCUT2D eigenvalue weighted by atomic mass is 19.1. The molecule has 3 rings (SSSR count). The molecule has 1 aliphatic carbocycles. The smallest absolute Gasteiger partial charge is 0.150 e. The van der Waals surface area contributed by atoms with Crippen molar-refractivity contribution in [2.75, 3.05) is 11.9 Å². The molecule has 0 atom stereocenters. The second-order valence-corrected chi connectivity index (χ2v) is 5.73. The van der Waals surface area contributed by atoms with Crippen LogP contribution in [0.5, 0.6) is 0 Å². The van der Waals surface area contributed by atoms with E-state index in [-0.39, 0.29) is 5.82 Å². The third-order valence-electron chi connectivity index (χ3n) is 4.22. The third kappa shape index (κ3) is 3.60. The van der Waals surface area contributed by atoms with Gasteiger partial charge in [-0.2, -0.15) is 5.10 Å². The molecular formula is C16H21FN4. The second kappa shape index (κ2) is 6.70. The van der Waals surface area contributed by atoms with Crippen LogP contribution in [-0.4, -0.2) is 21.3 Å². The summed E-state index contributed by atoms with van der Waals surface area (Å²) in [4.78, 5) is 3.83. The van der Waals surface area contributed by atoms with Crippen molar-refractivity contribution in [2.45, 2.75) is 38.5 Å². The Morgan fingerprint density at radius 2 is 2.10 bits per heavy atom. The quantitative estimate of drug-likeness (QED) is 0.910. The van der Waals surface area contributed by atoms with E-state index in [0.29, 0.717) is 5.69 Å². The lowest BCUT2D eigenvalue weighted by Crippen LogP contribution is -2.12. The first-order valence-corrected chi connectivity index (χ1v) is 7.71. The molecule has 0 spiro atoms. The maximum atomic E-state index is 14.1. The van der Waals surface area contributed by atoms with Gasteiger partial charge in [0.2, 0.25) is 0 Å². The molecule has 1 saturated carbocycles. The van der Waals surface area contributed by atoms with Gasteiger partial charge in [-0.1, -0.05) is 32.1 Å². The number of hydrogen-bond acceptors (Lipinski definition) is 3. The molecule has 4 nitrogen and oxygen atoms in total. The topological polar surface area (TPSA) is 42.7 Å². The summed E-state index contributed by atoms with van der Waals surface area (Å²) in [6, 6.07) is 5.14. The van der Waals surface area contributed by atoms with Crippen LogP contribution in [0.1, 0.15) is 38.5 Å². The number of aromatic nitrogens is 3. The van der Waals surface area contributed by atoms with Crippen molar-refractivity contribution in [3.63, 3.8) is 0 Å². The van der Waals surface area contributed by atoms with Crippen LogP contribution >= 0.6 is 0 Å². The lowest BCUT2D eigenvalue weighted by Gasteiger charge is -2.21. The molecule has 5 heteroatoms. The van der Waals surface area contributed by atoms with Gasteiger partial charge in [0.05, 0.1) is 0 Å².